The fraction of sp³-hybridized carbons (Fsp3) is 0.870. The molecule has 0 aromatic heterocycles. The van der Waals surface area contributed by atoms with Crippen molar-refractivity contribution >= 4 is 17.8 Å². The Morgan fingerprint density at radius 3 is 2.41 bits per heavy atom. The van der Waals surface area contributed by atoms with E-state index in [4.69, 9.17) is 18.9 Å². The van der Waals surface area contributed by atoms with Gasteiger partial charge in [0.2, 0.25) is 11.8 Å². The molecule has 0 bridgehead atoms. The zero-order valence-corrected chi connectivity index (χ0v) is 20.6. The van der Waals surface area contributed by atoms with E-state index in [2.05, 4.69) is 16.0 Å². The van der Waals surface area contributed by atoms with Gasteiger partial charge in [0.25, 0.3) is 0 Å². The smallest absolute Gasteiger partial charge is 0.323 e. The van der Waals surface area contributed by atoms with E-state index in [1.165, 1.54) is 4.90 Å². The number of amides is 2. The molecule has 3 N–H and O–H groups in total. The molecule has 11 nitrogen and oxygen atoms in total. The van der Waals surface area contributed by atoms with Gasteiger partial charge in [-0.3, -0.25) is 14.4 Å². The van der Waals surface area contributed by atoms with Gasteiger partial charge in [-0.05, 0) is 32.4 Å². The average molecular weight is 487 g/mol. The van der Waals surface area contributed by atoms with E-state index in [0.29, 0.717) is 33.0 Å². The van der Waals surface area contributed by atoms with Crippen LogP contribution < -0.4 is 16.0 Å². The van der Waals surface area contributed by atoms with Crippen molar-refractivity contribution in [2.45, 2.75) is 57.7 Å². The highest BCUT2D eigenvalue weighted by Crippen LogP contribution is 2.22. The summed E-state index contributed by atoms with van der Waals surface area (Å²) in [5.74, 6) is -0.852. The highest BCUT2D eigenvalue weighted by Gasteiger charge is 2.41. The van der Waals surface area contributed by atoms with E-state index < -0.39 is 12.1 Å². The number of hydrogen-bond donors (Lipinski definition) is 3. The number of esters is 1. The maximum atomic E-state index is 12.8. The lowest BCUT2D eigenvalue weighted by Gasteiger charge is -2.23. The van der Waals surface area contributed by atoms with Crippen LogP contribution in [0.5, 0.6) is 0 Å². The van der Waals surface area contributed by atoms with Crippen molar-refractivity contribution in [1.29, 1.82) is 0 Å². The summed E-state index contributed by atoms with van der Waals surface area (Å²) in [7, 11) is 0. The van der Waals surface area contributed by atoms with Gasteiger partial charge in [0.1, 0.15) is 24.8 Å². The molecule has 2 fully saturated rings. The number of nitrogens with zero attached hydrogens (tertiary/aromatic N) is 1. The third kappa shape index (κ3) is 10.2. The number of carbonyl (C=O) groups is 3. The van der Waals surface area contributed by atoms with Gasteiger partial charge in [0.05, 0.1) is 39.6 Å². The predicted molar refractivity (Wildman–Crippen MR) is 125 cm³/mol. The Bertz CT molecular complexity index is 616. The number of ether oxygens (including phenoxy) is 4. The Balaban J connectivity index is 1.70. The second-order valence-corrected chi connectivity index (χ2v) is 8.43. The van der Waals surface area contributed by atoms with Gasteiger partial charge < -0.3 is 39.8 Å². The lowest BCUT2D eigenvalue weighted by Crippen LogP contribution is -2.47. The quantitative estimate of drug-likeness (QED) is 0.183. The second kappa shape index (κ2) is 16.8. The maximum absolute atomic E-state index is 12.8. The van der Waals surface area contributed by atoms with Crippen LogP contribution in [0.1, 0.15) is 39.5 Å². The van der Waals surface area contributed by atoms with Crippen molar-refractivity contribution in [3.05, 3.63) is 0 Å². The third-order valence-corrected chi connectivity index (χ3v) is 5.71. The van der Waals surface area contributed by atoms with Crippen LogP contribution in [0.15, 0.2) is 0 Å². The minimum absolute atomic E-state index is 0.162. The summed E-state index contributed by atoms with van der Waals surface area (Å²) >= 11 is 0. The van der Waals surface area contributed by atoms with Gasteiger partial charge in [0, 0.05) is 19.5 Å². The van der Waals surface area contributed by atoms with E-state index in [1.54, 1.807) is 0 Å². The summed E-state index contributed by atoms with van der Waals surface area (Å²) in [6, 6.07) is -0.980. The predicted octanol–water partition coefficient (Wildman–Crippen LogP) is -0.563. The number of rotatable bonds is 17. The minimum Gasteiger partial charge on any atom is -0.459 e. The van der Waals surface area contributed by atoms with Gasteiger partial charge >= 0.3 is 5.97 Å². The van der Waals surface area contributed by atoms with Crippen molar-refractivity contribution in [1.82, 2.24) is 20.9 Å². The van der Waals surface area contributed by atoms with Crippen molar-refractivity contribution < 1.29 is 33.3 Å². The van der Waals surface area contributed by atoms with Crippen molar-refractivity contribution in [2.75, 3.05) is 72.4 Å². The highest BCUT2D eigenvalue weighted by atomic mass is 16.6. The molecule has 196 valence electrons. The summed E-state index contributed by atoms with van der Waals surface area (Å²) in [6.07, 6.45) is 2.25. The lowest BCUT2D eigenvalue weighted by atomic mass is 10.1. The standard InChI is InChI=1S/C23H42N4O7/c1-3-7-26-22(29)20-15-18(34-23(30)19-6-5-8-25-19)16-27(20)21(28)17-33-14-13-32-12-11-31-10-9-24-4-2/h18-20,24-25H,3-17H2,1-2H3,(H,26,29). The third-order valence-electron chi connectivity index (χ3n) is 5.71. The molecule has 3 unspecified atom stereocenters. The molecule has 0 radical (unpaired) electrons. The number of hydrogen-bond acceptors (Lipinski definition) is 9. The molecule has 34 heavy (non-hydrogen) atoms. The Kier molecular flexibility index (Phi) is 14.0. The van der Waals surface area contributed by atoms with Crippen LogP contribution in [0.4, 0.5) is 0 Å². The Labute approximate surface area is 202 Å². The molecule has 0 aromatic carbocycles. The van der Waals surface area contributed by atoms with Crippen molar-refractivity contribution in [3.63, 3.8) is 0 Å². The first-order valence-corrected chi connectivity index (χ1v) is 12.5. The molecule has 2 amide bonds. The van der Waals surface area contributed by atoms with E-state index >= 15 is 0 Å². The Morgan fingerprint density at radius 2 is 1.74 bits per heavy atom. The maximum Gasteiger partial charge on any atom is 0.323 e. The Hall–Kier alpha value is -1.79. The summed E-state index contributed by atoms with van der Waals surface area (Å²) in [5, 5.41) is 9.12. The molecule has 0 aliphatic carbocycles. The van der Waals surface area contributed by atoms with Gasteiger partial charge in [-0.2, -0.15) is 0 Å². The second-order valence-electron chi connectivity index (χ2n) is 8.43. The summed E-state index contributed by atoms with van der Waals surface area (Å²) in [5.41, 5.74) is 0. The number of likely N-dealkylation sites (tertiary alicyclic amines) is 1. The SMILES string of the molecule is CCCNC(=O)C1CC(OC(=O)C2CCCN2)CN1C(=O)COCCOCCOCCNCC. The number of nitrogens with one attached hydrogen (secondary N) is 3. The molecule has 11 heteroatoms. The number of likely N-dealkylation sites (N-methyl/N-ethyl adjacent to an activating group) is 1. The average Bonchev–Trinajstić information content (AvgIpc) is 3.51. The fourth-order valence-corrected chi connectivity index (χ4v) is 3.91. The summed E-state index contributed by atoms with van der Waals surface area (Å²) < 4.78 is 21.9. The molecule has 3 atom stereocenters. The zero-order valence-electron chi connectivity index (χ0n) is 20.6. The van der Waals surface area contributed by atoms with E-state index in [-0.39, 0.29) is 50.0 Å². The van der Waals surface area contributed by atoms with Crippen LogP contribution in [0.2, 0.25) is 0 Å². The van der Waals surface area contributed by atoms with Crippen LogP contribution >= 0.6 is 0 Å². The molecule has 0 aromatic rings. The van der Waals surface area contributed by atoms with E-state index in [1.807, 2.05) is 13.8 Å². The topological polar surface area (TPSA) is 127 Å². The normalized spacial score (nSPS) is 22.2. The minimum atomic E-state index is -0.674. The van der Waals surface area contributed by atoms with Crippen LogP contribution in [0.3, 0.4) is 0 Å². The van der Waals surface area contributed by atoms with Gasteiger partial charge in [-0.1, -0.05) is 13.8 Å². The van der Waals surface area contributed by atoms with Crippen molar-refractivity contribution in [3.8, 4) is 0 Å². The molecular weight excluding hydrogens is 444 g/mol. The largest absolute Gasteiger partial charge is 0.459 e. The summed E-state index contributed by atoms with van der Waals surface area (Å²) in [4.78, 5) is 39.2. The number of carbonyl (C=O) groups excluding carboxylic acids is 3. The molecule has 2 aliphatic rings. The summed E-state index contributed by atoms with van der Waals surface area (Å²) in [6.45, 7) is 9.28. The molecule has 2 rings (SSSR count). The fourth-order valence-electron chi connectivity index (χ4n) is 3.91. The molecule has 2 saturated heterocycles. The van der Waals surface area contributed by atoms with Crippen LogP contribution in [0.25, 0.3) is 0 Å². The first-order valence-electron chi connectivity index (χ1n) is 12.5. The molecule has 2 heterocycles. The van der Waals surface area contributed by atoms with Gasteiger partial charge in [0.15, 0.2) is 0 Å². The molecular formula is C23H42N4O7. The lowest BCUT2D eigenvalue weighted by molar-refractivity contribution is -0.151. The van der Waals surface area contributed by atoms with E-state index in [0.717, 1.165) is 38.9 Å². The van der Waals surface area contributed by atoms with Crippen molar-refractivity contribution in [2.24, 2.45) is 0 Å². The van der Waals surface area contributed by atoms with Crippen LogP contribution in [0, 0.1) is 0 Å². The first kappa shape index (κ1) is 28.4. The Morgan fingerprint density at radius 1 is 1.00 bits per heavy atom. The van der Waals surface area contributed by atoms with E-state index in [9.17, 15) is 14.4 Å². The van der Waals surface area contributed by atoms with Gasteiger partial charge in [-0.15, -0.1) is 0 Å². The zero-order chi connectivity index (χ0) is 24.6. The molecule has 2 aliphatic heterocycles. The van der Waals surface area contributed by atoms with Crippen LogP contribution in [-0.4, -0.2) is 113 Å². The monoisotopic (exact) mass is 486 g/mol. The molecule has 0 saturated carbocycles. The highest BCUT2D eigenvalue weighted by molar-refractivity contribution is 5.89. The van der Waals surface area contributed by atoms with Gasteiger partial charge in [-0.25, -0.2) is 0 Å². The first-order chi connectivity index (χ1) is 16.6. The molecule has 0 spiro atoms. The van der Waals surface area contributed by atoms with Crippen LogP contribution in [-0.2, 0) is 33.3 Å².